The number of rotatable bonds is 10. The summed E-state index contributed by atoms with van der Waals surface area (Å²) in [5, 5.41) is 19.2. The molecule has 32 heavy (non-hydrogen) atoms. The van der Waals surface area contributed by atoms with Gasteiger partial charge in [0, 0.05) is 35.5 Å². The number of aromatic nitrogens is 1. The lowest BCUT2D eigenvalue weighted by Crippen LogP contribution is -2.30. The minimum Gasteiger partial charge on any atom is -0.478 e. The second-order valence-corrected chi connectivity index (χ2v) is 7.02. The molecule has 0 aliphatic heterocycles. The molecule has 8 nitrogen and oxygen atoms in total. The topological polar surface area (TPSA) is 120 Å². The first kappa shape index (κ1) is 26.8. The van der Waals surface area contributed by atoms with Crippen molar-refractivity contribution in [2.24, 2.45) is 0 Å². The van der Waals surface area contributed by atoms with E-state index >= 15 is 0 Å². The number of carboxylic acid groups (broad SMARTS) is 2. The number of hydrogen-bond donors (Lipinski definition) is 3. The van der Waals surface area contributed by atoms with Crippen LogP contribution >= 0.6 is 11.6 Å². The van der Waals surface area contributed by atoms with Crippen molar-refractivity contribution in [1.29, 1.82) is 0 Å². The standard InChI is InChI=1S/C19H24ClN3O.C4H4O4/c1-3-23(4-2)13-5-12-21-19(24)18-11-8-16(14-22-18)15-6-9-17(20)10-7-15;5-3(6)1-2-4(7)8/h6-11,14H,3-5,12-13H2,1-2H3,(H,21,24);1-2H,(H,5,6)(H,7,8). The average molecular weight is 462 g/mol. The van der Waals surface area contributed by atoms with Crippen LogP contribution in [0.2, 0.25) is 5.02 Å². The van der Waals surface area contributed by atoms with Crippen molar-refractivity contribution in [2.45, 2.75) is 20.3 Å². The molecule has 0 unspecified atom stereocenters. The van der Waals surface area contributed by atoms with E-state index in [0.29, 0.717) is 29.4 Å². The van der Waals surface area contributed by atoms with Gasteiger partial charge in [0.2, 0.25) is 0 Å². The molecule has 1 heterocycles. The van der Waals surface area contributed by atoms with Crippen LogP contribution in [0, 0.1) is 0 Å². The molecule has 1 aromatic heterocycles. The predicted molar refractivity (Wildman–Crippen MR) is 124 cm³/mol. The summed E-state index contributed by atoms with van der Waals surface area (Å²) in [6, 6.07) is 11.2. The van der Waals surface area contributed by atoms with Gasteiger partial charge in [-0.1, -0.05) is 43.6 Å². The summed E-state index contributed by atoms with van der Waals surface area (Å²) in [6.45, 7) is 8.03. The Hall–Kier alpha value is -3.23. The molecule has 0 radical (unpaired) electrons. The molecule has 9 heteroatoms. The zero-order valence-electron chi connectivity index (χ0n) is 18.1. The van der Waals surface area contributed by atoms with E-state index in [1.807, 2.05) is 30.3 Å². The van der Waals surface area contributed by atoms with Gasteiger partial charge in [-0.05, 0) is 49.8 Å². The maximum Gasteiger partial charge on any atom is 0.328 e. The van der Waals surface area contributed by atoms with Crippen LogP contribution < -0.4 is 5.32 Å². The Balaban J connectivity index is 0.000000547. The van der Waals surface area contributed by atoms with E-state index in [1.54, 1.807) is 12.3 Å². The van der Waals surface area contributed by atoms with Gasteiger partial charge in [-0.2, -0.15) is 0 Å². The minimum absolute atomic E-state index is 0.128. The van der Waals surface area contributed by atoms with Crippen molar-refractivity contribution in [3.63, 3.8) is 0 Å². The van der Waals surface area contributed by atoms with Crippen LogP contribution in [0.5, 0.6) is 0 Å². The Bertz CT molecular complexity index is 879. The Kier molecular flexibility index (Phi) is 12.3. The third kappa shape index (κ3) is 10.7. The fraction of sp³-hybridized carbons (Fsp3) is 0.304. The normalized spacial score (nSPS) is 10.5. The monoisotopic (exact) mass is 461 g/mol. The lowest BCUT2D eigenvalue weighted by molar-refractivity contribution is -0.134. The number of carbonyl (C=O) groups is 3. The summed E-state index contributed by atoms with van der Waals surface area (Å²) < 4.78 is 0. The molecular formula is C23H28ClN3O5. The van der Waals surface area contributed by atoms with E-state index in [1.165, 1.54) is 0 Å². The number of hydrogen-bond acceptors (Lipinski definition) is 5. The predicted octanol–water partition coefficient (Wildman–Crippen LogP) is 3.58. The van der Waals surface area contributed by atoms with Crippen LogP contribution in [-0.2, 0) is 9.59 Å². The Labute approximate surface area is 192 Å². The molecule has 172 valence electrons. The molecule has 2 rings (SSSR count). The first-order valence-electron chi connectivity index (χ1n) is 10.1. The summed E-state index contributed by atoms with van der Waals surface area (Å²) in [5.74, 6) is -2.64. The van der Waals surface area contributed by atoms with Gasteiger partial charge in [0.1, 0.15) is 5.69 Å². The van der Waals surface area contributed by atoms with E-state index in [-0.39, 0.29) is 5.91 Å². The molecule has 0 aliphatic rings. The highest BCUT2D eigenvalue weighted by Gasteiger charge is 2.07. The number of amides is 1. The third-order valence-electron chi connectivity index (χ3n) is 4.37. The number of benzene rings is 1. The molecule has 1 amide bonds. The molecule has 1 aromatic carbocycles. The van der Waals surface area contributed by atoms with E-state index in [9.17, 15) is 14.4 Å². The van der Waals surface area contributed by atoms with Crippen LogP contribution in [0.1, 0.15) is 30.8 Å². The maximum absolute atomic E-state index is 12.1. The number of halogens is 1. The van der Waals surface area contributed by atoms with Crippen molar-refractivity contribution in [3.8, 4) is 11.1 Å². The van der Waals surface area contributed by atoms with Gasteiger partial charge in [-0.3, -0.25) is 9.78 Å². The highest BCUT2D eigenvalue weighted by atomic mass is 35.5. The lowest BCUT2D eigenvalue weighted by Gasteiger charge is -2.17. The Morgan fingerprint density at radius 3 is 2.00 bits per heavy atom. The zero-order valence-corrected chi connectivity index (χ0v) is 18.9. The van der Waals surface area contributed by atoms with Gasteiger partial charge in [0.15, 0.2) is 0 Å². The molecular weight excluding hydrogens is 434 g/mol. The van der Waals surface area contributed by atoms with Gasteiger partial charge < -0.3 is 20.4 Å². The molecule has 3 N–H and O–H groups in total. The van der Waals surface area contributed by atoms with Crippen LogP contribution in [0.15, 0.2) is 54.7 Å². The largest absolute Gasteiger partial charge is 0.478 e. The second-order valence-electron chi connectivity index (χ2n) is 6.59. The van der Waals surface area contributed by atoms with Crippen molar-refractivity contribution in [1.82, 2.24) is 15.2 Å². The Morgan fingerprint density at radius 2 is 1.53 bits per heavy atom. The van der Waals surface area contributed by atoms with Crippen molar-refractivity contribution < 1.29 is 24.6 Å². The second kappa shape index (κ2) is 14.7. The first-order chi connectivity index (χ1) is 15.3. The number of nitrogens with one attached hydrogen (secondary N) is 1. The molecule has 0 aliphatic carbocycles. The minimum atomic E-state index is -1.26. The number of nitrogens with zero attached hydrogens (tertiary/aromatic N) is 2. The number of pyridine rings is 1. The number of carbonyl (C=O) groups excluding carboxylic acids is 1. The van der Waals surface area contributed by atoms with Crippen molar-refractivity contribution >= 4 is 29.4 Å². The fourth-order valence-electron chi connectivity index (χ4n) is 2.62. The molecule has 0 bridgehead atoms. The van der Waals surface area contributed by atoms with Crippen molar-refractivity contribution in [2.75, 3.05) is 26.2 Å². The first-order valence-corrected chi connectivity index (χ1v) is 10.5. The molecule has 0 fully saturated rings. The van der Waals surface area contributed by atoms with E-state index in [4.69, 9.17) is 21.8 Å². The van der Waals surface area contributed by atoms with Gasteiger partial charge in [0.25, 0.3) is 5.91 Å². The highest BCUT2D eigenvalue weighted by molar-refractivity contribution is 6.30. The smallest absolute Gasteiger partial charge is 0.328 e. The van der Waals surface area contributed by atoms with Gasteiger partial charge >= 0.3 is 11.9 Å². The summed E-state index contributed by atoms with van der Waals surface area (Å²) in [5.41, 5.74) is 2.43. The molecule has 2 aromatic rings. The molecule has 0 spiro atoms. The Morgan fingerprint density at radius 1 is 0.969 bits per heavy atom. The van der Waals surface area contributed by atoms with Gasteiger partial charge in [0.05, 0.1) is 0 Å². The summed E-state index contributed by atoms with van der Waals surface area (Å²) in [4.78, 5) is 37.8. The molecule has 0 saturated carbocycles. The number of aliphatic carboxylic acids is 2. The van der Waals surface area contributed by atoms with E-state index < -0.39 is 11.9 Å². The zero-order chi connectivity index (χ0) is 23.9. The summed E-state index contributed by atoms with van der Waals surface area (Å²) in [6.07, 6.45) is 3.77. The number of carboxylic acids is 2. The maximum atomic E-state index is 12.1. The van der Waals surface area contributed by atoms with Crippen LogP contribution in [0.3, 0.4) is 0 Å². The summed E-state index contributed by atoms with van der Waals surface area (Å²) in [7, 11) is 0. The van der Waals surface area contributed by atoms with Crippen LogP contribution in [-0.4, -0.2) is 64.1 Å². The van der Waals surface area contributed by atoms with E-state index in [2.05, 4.69) is 29.0 Å². The quantitative estimate of drug-likeness (QED) is 0.365. The summed E-state index contributed by atoms with van der Waals surface area (Å²) >= 11 is 5.89. The van der Waals surface area contributed by atoms with Gasteiger partial charge in [-0.25, -0.2) is 9.59 Å². The third-order valence-corrected chi connectivity index (χ3v) is 4.63. The SMILES string of the molecule is CCN(CC)CCCNC(=O)c1ccc(-c2ccc(Cl)cc2)cn1.O=C(O)C=CC(=O)O. The fourth-order valence-corrected chi connectivity index (χ4v) is 2.74. The molecule has 0 saturated heterocycles. The van der Waals surface area contributed by atoms with Gasteiger partial charge in [-0.15, -0.1) is 0 Å². The lowest BCUT2D eigenvalue weighted by atomic mass is 10.1. The highest BCUT2D eigenvalue weighted by Crippen LogP contribution is 2.20. The van der Waals surface area contributed by atoms with E-state index in [0.717, 1.165) is 37.2 Å². The van der Waals surface area contributed by atoms with Crippen molar-refractivity contribution in [3.05, 3.63) is 65.5 Å². The van der Waals surface area contributed by atoms with Crippen LogP contribution in [0.4, 0.5) is 0 Å². The average Bonchev–Trinajstić information content (AvgIpc) is 2.79. The molecule has 0 atom stereocenters. The van der Waals surface area contributed by atoms with Crippen LogP contribution in [0.25, 0.3) is 11.1 Å².